The number of benzene rings is 2. The summed E-state index contributed by atoms with van der Waals surface area (Å²) < 4.78 is 6.68. The van der Waals surface area contributed by atoms with Crippen LogP contribution in [0.5, 0.6) is 5.75 Å². The molecule has 1 unspecified atom stereocenters. The molecule has 0 aliphatic carbocycles. The van der Waals surface area contributed by atoms with Gasteiger partial charge in [-0.05, 0) is 40.2 Å². The fraction of sp³-hybridized carbons (Fsp3) is 0.200. The molecule has 0 amide bonds. The number of nitrogens with one attached hydrogen (secondary N) is 1. The highest BCUT2D eigenvalue weighted by Crippen LogP contribution is 2.36. The van der Waals surface area contributed by atoms with E-state index in [2.05, 4.69) is 27.3 Å². The van der Waals surface area contributed by atoms with E-state index in [1.165, 1.54) is 5.56 Å². The number of halogens is 2. The monoisotopic (exact) mass is 337 g/mol. The minimum Gasteiger partial charge on any atom is -0.493 e. The van der Waals surface area contributed by atoms with Crippen molar-refractivity contribution in [1.82, 2.24) is 0 Å². The Kier molecular flexibility index (Phi) is 3.67. The van der Waals surface area contributed by atoms with Crippen molar-refractivity contribution in [3.63, 3.8) is 0 Å². The van der Waals surface area contributed by atoms with Crippen molar-refractivity contribution in [2.24, 2.45) is 0 Å². The van der Waals surface area contributed by atoms with Gasteiger partial charge in [0.15, 0.2) is 0 Å². The first-order chi connectivity index (χ1) is 9.24. The molecule has 1 aliphatic heterocycles. The molecule has 19 heavy (non-hydrogen) atoms. The van der Waals surface area contributed by atoms with Gasteiger partial charge in [0.2, 0.25) is 0 Å². The Labute approximate surface area is 125 Å². The topological polar surface area (TPSA) is 21.3 Å². The van der Waals surface area contributed by atoms with Crippen LogP contribution in [-0.4, -0.2) is 6.61 Å². The van der Waals surface area contributed by atoms with Gasteiger partial charge in [-0.3, -0.25) is 0 Å². The lowest BCUT2D eigenvalue weighted by Crippen LogP contribution is -2.20. The highest BCUT2D eigenvalue weighted by molar-refractivity contribution is 9.10. The highest BCUT2D eigenvalue weighted by Gasteiger charge is 2.21. The average Bonchev–Trinajstić information content (AvgIpc) is 2.43. The smallest absolute Gasteiger partial charge is 0.124 e. The predicted molar refractivity (Wildman–Crippen MR) is 82.1 cm³/mol. The Bertz CT molecular complexity index is 602. The van der Waals surface area contributed by atoms with Gasteiger partial charge in [0.05, 0.1) is 18.3 Å². The highest BCUT2D eigenvalue weighted by atomic mass is 79.9. The third-order valence-electron chi connectivity index (χ3n) is 3.22. The summed E-state index contributed by atoms with van der Waals surface area (Å²) in [5, 5.41) is 4.26. The summed E-state index contributed by atoms with van der Waals surface area (Å²) >= 11 is 9.59. The van der Waals surface area contributed by atoms with E-state index in [1.54, 1.807) is 0 Å². The van der Waals surface area contributed by atoms with E-state index in [0.29, 0.717) is 0 Å². The third-order valence-corrected chi connectivity index (χ3v) is 4.14. The zero-order valence-corrected chi connectivity index (χ0v) is 12.5. The Morgan fingerprint density at radius 1 is 1.21 bits per heavy atom. The molecule has 0 saturated heterocycles. The van der Waals surface area contributed by atoms with Gasteiger partial charge < -0.3 is 10.1 Å². The molecule has 1 N–H and O–H groups in total. The van der Waals surface area contributed by atoms with Crippen molar-refractivity contribution in [3.8, 4) is 5.75 Å². The first-order valence-corrected chi connectivity index (χ1v) is 7.34. The average molecular weight is 339 g/mol. The van der Waals surface area contributed by atoms with Crippen molar-refractivity contribution < 1.29 is 4.74 Å². The fourth-order valence-corrected chi connectivity index (χ4v) is 2.82. The number of ether oxygens (including phenoxy) is 1. The maximum Gasteiger partial charge on any atom is 0.124 e. The summed E-state index contributed by atoms with van der Waals surface area (Å²) in [5.74, 6) is 0.962. The number of fused-ring (bicyclic) bond motifs is 1. The quantitative estimate of drug-likeness (QED) is 0.828. The van der Waals surface area contributed by atoms with E-state index in [9.17, 15) is 0 Å². The predicted octanol–water partition coefficient (Wildman–Crippen LogP) is 5.04. The van der Waals surface area contributed by atoms with Crippen LogP contribution < -0.4 is 10.1 Å². The lowest BCUT2D eigenvalue weighted by Gasteiger charge is -2.27. The van der Waals surface area contributed by atoms with Gasteiger partial charge in [-0.2, -0.15) is 0 Å². The molecule has 2 aromatic carbocycles. The van der Waals surface area contributed by atoms with Crippen LogP contribution in [0.3, 0.4) is 0 Å². The van der Waals surface area contributed by atoms with Gasteiger partial charge in [0.25, 0.3) is 0 Å². The van der Waals surface area contributed by atoms with E-state index >= 15 is 0 Å². The zero-order chi connectivity index (χ0) is 13.2. The maximum atomic E-state index is 6.05. The Hall–Kier alpha value is -1.19. The van der Waals surface area contributed by atoms with Crippen LogP contribution >= 0.6 is 27.5 Å². The lowest BCUT2D eigenvalue weighted by molar-refractivity contribution is 0.274. The van der Waals surface area contributed by atoms with E-state index < -0.39 is 0 Å². The summed E-state index contributed by atoms with van der Waals surface area (Å²) in [5.41, 5.74) is 2.20. The molecule has 0 radical (unpaired) electrons. The first kappa shape index (κ1) is 12.8. The Morgan fingerprint density at radius 2 is 2.05 bits per heavy atom. The second-order valence-corrected chi connectivity index (χ2v) is 5.79. The Morgan fingerprint density at radius 3 is 2.95 bits per heavy atom. The molecule has 0 bridgehead atoms. The fourth-order valence-electron chi connectivity index (χ4n) is 2.29. The number of hydrogen-bond donors (Lipinski definition) is 1. The van der Waals surface area contributed by atoms with Gasteiger partial charge in [-0.15, -0.1) is 0 Å². The standard InChI is InChI=1S/C15H13BrClNO/c16-12-6-5-10(17)9-14(12)18-13-7-8-19-15-4-2-1-3-11(13)15/h1-6,9,13,18H,7-8H2. The van der Waals surface area contributed by atoms with Gasteiger partial charge in [-0.1, -0.05) is 29.8 Å². The van der Waals surface area contributed by atoms with Crippen molar-refractivity contribution in [1.29, 1.82) is 0 Å². The first-order valence-electron chi connectivity index (χ1n) is 6.17. The Balaban J connectivity index is 1.90. The molecule has 0 fully saturated rings. The van der Waals surface area contributed by atoms with Crippen molar-refractivity contribution >= 4 is 33.2 Å². The second-order valence-electron chi connectivity index (χ2n) is 4.50. The van der Waals surface area contributed by atoms with Crippen LogP contribution in [0.2, 0.25) is 5.02 Å². The number of rotatable bonds is 2. The van der Waals surface area contributed by atoms with Crippen molar-refractivity contribution in [2.45, 2.75) is 12.5 Å². The van der Waals surface area contributed by atoms with Crippen molar-refractivity contribution in [3.05, 3.63) is 57.5 Å². The van der Waals surface area contributed by atoms with Gasteiger partial charge in [0, 0.05) is 21.5 Å². The second kappa shape index (κ2) is 5.43. The molecule has 1 atom stereocenters. The summed E-state index contributed by atoms with van der Waals surface area (Å²) in [4.78, 5) is 0. The van der Waals surface area contributed by atoms with Crippen LogP contribution in [0, 0.1) is 0 Å². The van der Waals surface area contributed by atoms with Crippen LogP contribution in [-0.2, 0) is 0 Å². The molecule has 4 heteroatoms. The molecule has 0 saturated carbocycles. The maximum absolute atomic E-state index is 6.05. The normalized spacial score (nSPS) is 17.5. The van der Waals surface area contributed by atoms with E-state index in [4.69, 9.17) is 16.3 Å². The molecule has 1 aliphatic rings. The zero-order valence-electron chi connectivity index (χ0n) is 10.2. The van der Waals surface area contributed by atoms with E-state index in [0.717, 1.165) is 34.0 Å². The summed E-state index contributed by atoms with van der Waals surface area (Å²) in [6.07, 6.45) is 0.940. The van der Waals surface area contributed by atoms with Gasteiger partial charge in [-0.25, -0.2) is 0 Å². The molecule has 0 spiro atoms. The molecule has 2 aromatic rings. The van der Waals surface area contributed by atoms with Crippen LogP contribution in [0.4, 0.5) is 5.69 Å². The number of hydrogen-bond acceptors (Lipinski definition) is 2. The van der Waals surface area contributed by atoms with Crippen molar-refractivity contribution in [2.75, 3.05) is 11.9 Å². The SMILES string of the molecule is Clc1ccc(Br)c(NC2CCOc3ccccc32)c1. The molecule has 2 nitrogen and oxygen atoms in total. The minimum atomic E-state index is 0.250. The third kappa shape index (κ3) is 2.72. The largest absolute Gasteiger partial charge is 0.493 e. The molecule has 1 heterocycles. The summed E-state index contributed by atoms with van der Waals surface area (Å²) in [6, 6.07) is 14.2. The molecule has 3 rings (SSSR count). The molecule has 0 aromatic heterocycles. The number of anilines is 1. The summed E-state index contributed by atoms with van der Waals surface area (Å²) in [7, 11) is 0. The molecular formula is C15H13BrClNO. The summed E-state index contributed by atoms with van der Waals surface area (Å²) in [6.45, 7) is 0.729. The van der Waals surface area contributed by atoms with Gasteiger partial charge in [0.1, 0.15) is 5.75 Å². The number of para-hydroxylation sites is 1. The van der Waals surface area contributed by atoms with E-state index in [-0.39, 0.29) is 6.04 Å². The van der Waals surface area contributed by atoms with Crippen LogP contribution in [0.25, 0.3) is 0 Å². The van der Waals surface area contributed by atoms with Crippen LogP contribution in [0.15, 0.2) is 46.9 Å². The van der Waals surface area contributed by atoms with E-state index in [1.807, 2.05) is 36.4 Å². The minimum absolute atomic E-state index is 0.250. The lowest BCUT2D eigenvalue weighted by atomic mass is 10.0. The van der Waals surface area contributed by atoms with Crippen LogP contribution in [0.1, 0.15) is 18.0 Å². The molecule has 98 valence electrons. The van der Waals surface area contributed by atoms with Gasteiger partial charge >= 0.3 is 0 Å². The molecular weight excluding hydrogens is 326 g/mol.